The maximum Gasteiger partial charge on any atom is 0.193 e. The van der Waals surface area contributed by atoms with E-state index in [1.54, 1.807) is 19.2 Å². The normalized spacial score (nSPS) is 11.4. The summed E-state index contributed by atoms with van der Waals surface area (Å²) in [7, 11) is 3.64. The van der Waals surface area contributed by atoms with Gasteiger partial charge in [-0.15, -0.1) is 0 Å². The smallest absolute Gasteiger partial charge is 0.193 e. The van der Waals surface area contributed by atoms with Crippen LogP contribution in [0.25, 0.3) is 0 Å². The van der Waals surface area contributed by atoms with Gasteiger partial charge in [0.15, 0.2) is 11.7 Å². The topological polar surface area (TPSA) is 62.9 Å². The molecule has 0 aliphatic carbocycles. The molecule has 1 N–H and O–H groups in total. The number of halogens is 1. The average Bonchev–Trinajstić information content (AvgIpc) is 3.05. The van der Waals surface area contributed by atoms with E-state index < -0.39 is 0 Å². The van der Waals surface area contributed by atoms with Gasteiger partial charge in [-0.05, 0) is 30.7 Å². The molecular weight excluding hydrogens is 311 g/mol. The second-order valence-corrected chi connectivity index (χ2v) is 5.26. The summed E-state index contributed by atoms with van der Waals surface area (Å²) in [6.45, 7) is 3.64. The van der Waals surface area contributed by atoms with Crippen LogP contribution in [-0.2, 0) is 13.0 Å². The minimum Gasteiger partial charge on any atom is -0.492 e. The summed E-state index contributed by atoms with van der Waals surface area (Å²) in [5.41, 5.74) is 0.933. The van der Waals surface area contributed by atoms with E-state index in [0.717, 1.165) is 23.8 Å². The van der Waals surface area contributed by atoms with E-state index in [1.165, 1.54) is 12.1 Å². The molecule has 7 heteroatoms. The largest absolute Gasteiger partial charge is 0.492 e. The molecule has 1 aromatic carbocycles. The maximum atomic E-state index is 12.8. The van der Waals surface area contributed by atoms with Crippen molar-refractivity contribution in [3.8, 4) is 5.75 Å². The van der Waals surface area contributed by atoms with Crippen LogP contribution in [0.4, 0.5) is 4.39 Å². The third-order valence-corrected chi connectivity index (χ3v) is 3.47. The minimum absolute atomic E-state index is 0.275. The Morgan fingerprint density at radius 2 is 2.12 bits per heavy atom. The zero-order valence-corrected chi connectivity index (χ0v) is 14.3. The highest BCUT2D eigenvalue weighted by atomic mass is 19.1. The Hall–Kier alpha value is -2.57. The van der Waals surface area contributed by atoms with Gasteiger partial charge < -0.3 is 19.5 Å². The van der Waals surface area contributed by atoms with Crippen molar-refractivity contribution in [3.63, 3.8) is 0 Å². The van der Waals surface area contributed by atoms with Gasteiger partial charge in [0.25, 0.3) is 0 Å². The van der Waals surface area contributed by atoms with Crippen molar-refractivity contribution >= 4 is 5.96 Å². The number of guanidine groups is 1. The molecule has 2 rings (SSSR count). The lowest BCUT2D eigenvalue weighted by Crippen LogP contribution is -2.40. The first-order valence-electron chi connectivity index (χ1n) is 7.87. The monoisotopic (exact) mass is 334 g/mol. The molecule has 0 unspecified atom stereocenters. The molecular formula is C17H23FN4O2. The highest BCUT2D eigenvalue weighted by Gasteiger charge is 2.08. The van der Waals surface area contributed by atoms with Crippen LogP contribution in [-0.4, -0.2) is 43.3 Å². The molecule has 1 heterocycles. The van der Waals surface area contributed by atoms with E-state index in [0.29, 0.717) is 25.4 Å². The van der Waals surface area contributed by atoms with Crippen LogP contribution in [0.5, 0.6) is 5.75 Å². The number of nitrogens with one attached hydrogen (secondary N) is 1. The molecule has 0 amide bonds. The molecule has 0 spiro atoms. The number of benzene rings is 1. The molecule has 0 saturated heterocycles. The van der Waals surface area contributed by atoms with Gasteiger partial charge in [0.1, 0.15) is 18.2 Å². The molecule has 24 heavy (non-hydrogen) atoms. The van der Waals surface area contributed by atoms with Crippen molar-refractivity contribution in [2.75, 3.05) is 27.2 Å². The van der Waals surface area contributed by atoms with E-state index in [2.05, 4.69) is 15.5 Å². The van der Waals surface area contributed by atoms with Gasteiger partial charge in [-0.3, -0.25) is 4.99 Å². The number of likely N-dealkylation sites (N-methyl/N-ethyl adjacent to an activating group) is 1. The fourth-order valence-corrected chi connectivity index (χ4v) is 2.09. The summed E-state index contributed by atoms with van der Waals surface area (Å²) in [5.74, 6) is 1.86. The number of rotatable bonds is 7. The van der Waals surface area contributed by atoms with Crippen LogP contribution in [0.1, 0.15) is 18.4 Å². The van der Waals surface area contributed by atoms with Gasteiger partial charge >= 0.3 is 0 Å². The van der Waals surface area contributed by atoms with E-state index in [1.807, 2.05) is 24.9 Å². The van der Waals surface area contributed by atoms with Gasteiger partial charge in [0.2, 0.25) is 0 Å². The molecule has 0 aliphatic heterocycles. The predicted octanol–water partition coefficient (Wildman–Crippen LogP) is 2.46. The second-order valence-electron chi connectivity index (χ2n) is 5.26. The average molecular weight is 334 g/mol. The number of nitrogens with zero attached hydrogens (tertiary/aromatic N) is 3. The number of hydrogen-bond donors (Lipinski definition) is 1. The van der Waals surface area contributed by atoms with Gasteiger partial charge in [0, 0.05) is 20.2 Å². The van der Waals surface area contributed by atoms with Crippen LogP contribution < -0.4 is 10.1 Å². The summed E-state index contributed by atoms with van der Waals surface area (Å²) in [6.07, 6.45) is 0.846. The van der Waals surface area contributed by atoms with Crippen molar-refractivity contribution < 1.29 is 13.7 Å². The molecule has 0 bridgehead atoms. The SMILES string of the molecule is CCc1cc(CNC(=NC)N(C)CCOc2ccc(F)cc2)on1. The number of aryl methyl sites for hydroxylation is 1. The van der Waals surface area contributed by atoms with Crippen LogP contribution in [0.2, 0.25) is 0 Å². The van der Waals surface area contributed by atoms with Gasteiger partial charge in [0.05, 0.1) is 18.8 Å². The summed E-state index contributed by atoms with van der Waals surface area (Å²) >= 11 is 0. The summed E-state index contributed by atoms with van der Waals surface area (Å²) in [4.78, 5) is 6.18. The Bertz CT molecular complexity index is 655. The highest BCUT2D eigenvalue weighted by molar-refractivity contribution is 5.79. The Balaban J connectivity index is 1.76. The summed E-state index contributed by atoms with van der Waals surface area (Å²) in [6, 6.07) is 7.90. The molecule has 0 saturated carbocycles. The van der Waals surface area contributed by atoms with Crippen LogP contribution in [0.3, 0.4) is 0 Å². The van der Waals surface area contributed by atoms with E-state index in [9.17, 15) is 4.39 Å². The molecule has 0 radical (unpaired) electrons. The third-order valence-electron chi connectivity index (χ3n) is 3.47. The molecule has 0 atom stereocenters. The van der Waals surface area contributed by atoms with Gasteiger partial charge in [-0.25, -0.2) is 4.39 Å². The van der Waals surface area contributed by atoms with E-state index in [4.69, 9.17) is 9.26 Å². The molecule has 6 nitrogen and oxygen atoms in total. The number of aromatic nitrogens is 1. The second kappa shape index (κ2) is 8.90. The standard InChI is InChI=1S/C17H23FN4O2/c1-4-14-11-16(24-21-14)12-20-17(19-2)22(3)9-10-23-15-7-5-13(18)6-8-15/h5-8,11H,4,9-10,12H2,1-3H3,(H,19,20). The zero-order valence-electron chi connectivity index (χ0n) is 14.3. The summed E-state index contributed by atoms with van der Waals surface area (Å²) in [5, 5.41) is 7.17. The van der Waals surface area contributed by atoms with E-state index >= 15 is 0 Å². The zero-order chi connectivity index (χ0) is 17.4. The molecule has 0 aliphatic rings. The third kappa shape index (κ3) is 5.26. The van der Waals surface area contributed by atoms with Crippen LogP contribution in [0, 0.1) is 5.82 Å². The number of ether oxygens (including phenoxy) is 1. The fraction of sp³-hybridized carbons (Fsp3) is 0.412. The Kier molecular flexibility index (Phi) is 6.60. The first kappa shape index (κ1) is 17.8. The molecule has 130 valence electrons. The lowest BCUT2D eigenvalue weighted by molar-refractivity contribution is 0.280. The lowest BCUT2D eigenvalue weighted by Gasteiger charge is -2.21. The van der Waals surface area contributed by atoms with Crippen molar-refractivity contribution in [1.82, 2.24) is 15.4 Å². The fourth-order valence-electron chi connectivity index (χ4n) is 2.09. The Morgan fingerprint density at radius 3 is 2.75 bits per heavy atom. The van der Waals surface area contributed by atoms with Crippen molar-refractivity contribution in [1.29, 1.82) is 0 Å². The molecule has 2 aromatic rings. The Labute approximate surface area is 141 Å². The van der Waals surface area contributed by atoms with Crippen LogP contribution >= 0.6 is 0 Å². The van der Waals surface area contributed by atoms with Crippen LogP contribution in [0.15, 0.2) is 39.8 Å². The van der Waals surface area contributed by atoms with Gasteiger partial charge in [-0.1, -0.05) is 12.1 Å². The first-order chi connectivity index (χ1) is 11.6. The number of hydrogen-bond acceptors (Lipinski definition) is 4. The van der Waals surface area contributed by atoms with E-state index in [-0.39, 0.29) is 5.82 Å². The highest BCUT2D eigenvalue weighted by Crippen LogP contribution is 2.10. The van der Waals surface area contributed by atoms with Gasteiger partial charge in [-0.2, -0.15) is 0 Å². The first-order valence-corrected chi connectivity index (χ1v) is 7.87. The quantitative estimate of drug-likeness (QED) is 0.622. The van der Waals surface area contributed by atoms with Crippen molar-refractivity contribution in [3.05, 3.63) is 47.6 Å². The number of aliphatic imine (C=N–C) groups is 1. The Morgan fingerprint density at radius 1 is 1.38 bits per heavy atom. The maximum absolute atomic E-state index is 12.8. The lowest BCUT2D eigenvalue weighted by atomic mass is 10.3. The van der Waals surface area contributed by atoms with Crippen molar-refractivity contribution in [2.24, 2.45) is 4.99 Å². The summed E-state index contributed by atoms with van der Waals surface area (Å²) < 4.78 is 23.7. The molecule has 0 fully saturated rings. The predicted molar refractivity (Wildman–Crippen MR) is 90.6 cm³/mol. The molecule has 1 aromatic heterocycles. The minimum atomic E-state index is -0.275. The van der Waals surface area contributed by atoms with Crippen molar-refractivity contribution in [2.45, 2.75) is 19.9 Å².